The van der Waals surface area contributed by atoms with E-state index in [0.29, 0.717) is 0 Å². The van der Waals surface area contributed by atoms with Gasteiger partial charge in [0.25, 0.3) is 5.69 Å². The fourth-order valence-corrected chi connectivity index (χ4v) is 0.787. The minimum absolute atomic E-state index is 0.107. The van der Waals surface area contributed by atoms with Crippen molar-refractivity contribution in [3.8, 4) is 0 Å². The molecule has 0 fully saturated rings. The molecule has 0 aliphatic carbocycles. The molecule has 0 aromatic heterocycles. The third-order valence-corrected chi connectivity index (χ3v) is 1.36. The molecule has 0 radical (unpaired) electrons. The van der Waals surface area contributed by atoms with Crippen LogP contribution in [0.15, 0.2) is 24.3 Å². The number of nitro groups is 1. The van der Waals surface area contributed by atoms with Gasteiger partial charge in [-0.3, -0.25) is 10.1 Å². The first-order valence-electron chi connectivity index (χ1n) is 3.18. The maximum Gasteiger partial charge on any atom is 0.269 e. The number of aliphatic hydroxyl groups excluding tert-OH is 1. The molecular formula is C7H6FNO3. The van der Waals surface area contributed by atoms with Crippen LogP contribution in [-0.2, 0) is 0 Å². The summed E-state index contributed by atoms with van der Waals surface area (Å²) in [6, 6.07) is 4.81. The zero-order valence-electron chi connectivity index (χ0n) is 5.98. The highest BCUT2D eigenvalue weighted by atomic mass is 19.1. The molecule has 1 atom stereocenters. The Labute approximate surface area is 67.4 Å². The summed E-state index contributed by atoms with van der Waals surface area (Å²) in [5.41, 5.74) is -0.339. The van der Waals surface area contributed by atoms with Gasteiger partial charge in [-0.1, -0.05) is 12.1 Å². The van der Waals surface area contributed by atoms with E-state index in [0.717, 1.165) is 6.07 Å². The van der Waals surface area contributed by atoms with Crippen molar-refractivity contribution in [3.63, 3.8) is 0 Å². The Morgan fingerprint density at radius 2 is 2.25 bits per heavy atom. The molecule has 1 N–H and O–H groups in total. The maximum absolute atomic E-state index is 12.2. The lowest BCUT2D eigenvalue weighted by molar-refractivity contribution is -0.385. The zero-order valence-corrected chi connectivity index (χ0v) is 5.98. The maximum atomic E-state index is 12.2. The van der Waals surface area contributed by atoms with Crippen molar-refractivity contribution in [2.45, 2.75) is 6.36 Å². The molecule has 5 heteroatoms. The zero-order chi connectivity index (χ0) is 9.14. The van der Waals surface area contributed by atoms with Crippen molar-refractivity contribution >= 4 is 5.69 Å². The average Bonchev–Trinajstić information content (AvgIpc) is 2.04. The Bertz CT molecular complexity index is 300. The molecule has 1 unspecified atom stereocenters. The van der Waals surface area contributed by atoms with Crippen LogP contribution in [-0.4, -0.2) is 10.0 Å². The van der Waals surface area contributed by atoms with Crippen LogP contribution in [0.5, 0.6) is 0 Å². The minimum Gasteiger partial charge on any atom is -0.360 e. The second-order valence-corrected chi connectivity index (χ2v) is 2.19. The highest BCUT2D eigenvalue weighted by Gasteiger charge is 2.10. The fraction of sp³-hybridized carbons (Fsp3) is 0.143. The van der Waals surface area contributed by atoms with E-state index in [1.54, 1.807) is 0 Å². The lowest BCUT2D eigenvalue weighted by Crippen LogP contribution is -1.92. The van der Waals surface area contributed by atoms with Crippen molar-refractivity contribution in [1.82, 2.24) is 0 Å². The van der Waals surface area contributed by atoms with Crippen molar-refractivity contribution < 1.29 is 14.4 Å². The molecule has 1 aromatic carbocycles. The highest BCUT2D eigenvalue weighted by molar-refractivity contribution is 5.34. The highest BCUT2D eigenvalue weighted by Crippen LogP contribution is 2.19. The van der Waals surface area contributed by atoms with E-state index in [4.69, 9.17) is 5.11 Å². The smallest absolute Gasteiger partial charge is 0.269 e. The normalized spacial score (nSPS) is 12.5. The molecule has 1 rings (SSSR count). The summed E-state index contributed by atoms with van der Waals surface area (Å²) in [6.07, 6.45) is -2.16. The monoisotopic (exact) mass is 171 g/mol. The molecule has 0 spiro atoms. The average molecular weight is 171 g/mol. The van der Waals surface area contributed by atoms with Gasteiger partial charge in [0, 0.05) is 17.7 Å². The number of halogens is 1. The van der Waals surface area contributed by atoms with E-state index in [1.807, 2.05) is 0 Å². The van der Waals surface area contributed by atoms with Gasteiger partial charge in [0.2, 0.25) is 6.36 Å². The number of benzene rings is 1. The Morgan fingerprint density at radius 1 is 1.58 bits per heavy atom. The summed E-state index contributed by atoms with van der Waals surface area (Å²) in [6.45, 7) is 0. The number of nitrogens with zero attached hydrogens (tertiary/aromatic N) is 1. The van der Waals surface area contributed by atoms with Gasteiger partial charge in [0.1, 0.15) is 0 Å². The van der Waals surface area contributed by atoms with Crippen molar-refractivity contribution in [2.24, 2.45) is 0 Å². The van der Waals surface area contributed by atoms with Gasteiger partial charge in [-0.05, 0) is 0 Å². The van der Waals surface area contributed by atoms with Gasteiger partial charge in [0.05, 0.1) is 4.92 Å². The number of hydrogen-bond donors (Lipinski definition) is 1. The first-order valence-corrected chi connectivity index (χ1v) is 3.18. The van der Waals surface area contributed by atoms with E-state index in [2.05, 4.69) is 0 Å². The van der Waals surface area contributed by atoms with Gasteiger partial charge < -0.3 is 5.11 Å². The molecule has 12 heavy (non-hydrogen) atoms. The number of non-ortho nitro benzene ring substituents is 1. The summed E-state index contributed by atoms with van der Waals surface area (Å²) in [7, 11) is 0. The number of nitro benzene ring substituents is 1. The van der Waals surface area contributed by atoms with Crippen LogP contribution in [0.1, 0.15) is 11.9 Å². The number of hydrogen-bond acceptors (Lipinski definition) is 3. The molecular weight excluding hydrogens is 165 g/mol. The Balaban J connectivity index is 3.04. The quantitative estimate of drug-likeness (QED) is 0.542. The molecule has 64 valence electrons. The third kappa shape index (κ3) is 1.76. The fourth-order valence-electron chi connectivity index (χ4n) is 0.787. The number of alkyl halides is 1. The largest absolute Gasteiger partial charge is 0.360 e. The topological polar surface area (TPSA) is 63.4 Å². The van der Waals surface area contributed by atoms with Crippen molar-refractivity contribution in [3.05, 3.63) is 39.9 Å². The lowest BCUT2D eigenvalue weighted by Gasteiger charge is -1.99. The summed E-state index contributed by atoms with van der Waals surface area (Å²) in [5.74, 6) is 0. The molecule has 0 heterocycles. The van der Waals surface area contributed by atoms with E-state index in [-0.39, 0.29) is 11.3 Å². The van der Waals surface area contributed by atoms with Crippen molar-refractivity contribution in [1.29, 1.82) is 0 Å². The molecule has 0 saturated carbocycles. The standard InChI is InChI=1S/C7H6FNO3/c8-7(10)5-2-1-3-6(4-5)9(11)12/h1-4,7,10H. The molecule has 4 nitrogen and oxygen atoms in total. The third-order valence-electron chi connectivity index (χ3n) is 1.36. The van der Waals surface area contributed by atoms with Gasteiger partial charge in [-0.15, -0.1) is 0 Å². The van der Waals surface area contributed by atoms with Gasteiger partial charge in [-0.2, -0.15) is 0 Å². The van der Waals surface area contributed by atoms with Gasteiger partial charge in [0.15, 0.2) is 0 Å². The predicted molar refractivity (Wildman–Crippen MR) is 39.2 cm³/mol. The molecule has 1 aromatic rings. The van der Waals surface area contributed by atoms with Crippen LogP contribution in [0.3, 0.4) is 0 Å². The number of aliphatic hydroxyl groups is 1. The van der Waals surface area contributed by atoms with E-state index < -0.39 is 11.3 Å². The van der Waals surface area contributed by atoms with Crippen molar-refractivity contribution in [2.75, 3.05) is 0 Å². The summed E-state index contributed by atoms with van der Waals surface area (Å²) in [5, 5.41) is 18.6. The van der Waals surface area contributed by atoms with Gasteiger partial charge in [-0.25, -0.2) is 4.39 Å². The van der Waals surface area contributed by atoms with Crippen LogP contribution < -0.4 is 0 Å². The number of rotatable bonds is 2. The van der Waals surface area contributed by atoms with Gasteiger partial charge >= 0.3 is 0 Å². The molecule has 0 aliphatic rings. The van der Waals surface area contributed by atoms with Crippen LogP contribution in [0.4, 0.5) is 10.1 Å². The van der Waals surface area contributed by atoms with Crippen LogP contribution >= 0.6 is 0 Å². The molecule has 0 bridgehead atoms. The molecule has 0 amide bonds. The molecule has 0 saturated heterocycles. The second-order valence-electron chi connectivity index (χ2n) is 2.19. The minimum atomic E-state index is -2.16. The summed E-state index contributed by atoms with van der Waals surface area (Å²) >= 11 is 0. The Kier molecular flexibility index (Phi) is 2.35. The Hall–Kier alpha value is -1.49. The van der Waals surface area contributed by atoms with E-state index in [9.17, 15) is 14.5 Å². The first-order chi connectivity index (χ1) is 5.61. The van der Waals surface area contributed by atoms with Crippen LogP contribution in [0.2, 0.25) is 0 Å². The summed E-state index contributed by atoms with van der Waals surface area (Å²) in [4.78, 5) is 9.53. The van der Waals surface area contributed by atoms with Crippen LogP contribution in [0, 0.1) is 10.1 Å². The Morgan fingerprint density at radius 3 is 2.75 bits per heavy atom. The lowest BCUT2D eigenvalue weighted by atomic mass is 10.2. The first kappa shape index (κ1) is 8.61. The van der Waals surface area contributed by atoms with Crippen LogP contribution in [0.25, 0.3) is 0 Å². The molecule has 0 aliphatic heterocycles. The SMILES string of the molecule is O=[N+]([O-])c1cccc(C(O)F)c1. The summed E-state index contributed by atoms with van der Waals surface area (Å²) < 4.78 is 12.2. The second kappa shape index (κ2) is 3.27. The van der Waals surface area contributed by atoms with E-state index in [1.165, 1.54) is 18.2 Å². The van der Waals surface area contributed by atoms with E-state index >= 15 is 0 Å². The predicted octanol–water partition coefficient (Wildman–Crippen LogP) is 1.56.